The molecule has 1 unspecified atom stereocenters. The van der Waals surface area contributed by atoms with Crippen molar-refractivity contribution in [2.45, 2.75) is 25.8 Å². The second-order valence-corrected chi connectivity index (χ2v) is 4.86. The summed E-state index contributed by atoms with van der Waals surface area (Å²) in [6.07, 6.45) is 2.23. The zero-order valence-electron chi connectivity index (χ0n) is 11.4. The minimum atomic E-state index is -0.553. The fourth-order valence-electron chi connectivity index (χ4n) is 1.97. The van der Waals surface area contributed by atoms with Gasteiger partial charge >= 0.3 is 6.03 Å². The van der Waals surface area contributed by atoms with Gasteiger partial charge in [0.25, 0.3) is 5.69 Å². The first-order chi connectivity index (χ1) is 9.51. The Morgan fingerprint density at radius 2 is 2.20 bits per heavy atom. The number of nitrogens with one attached hydrogen (secondary N) is 2. The van der Waals surface area contributed by atoms with Gasteiger partial charge in [-0.1, -0.05) is 0 Å². The molecule has 7 nitrogen and oxygen atoms in total. The average molecular weight is 279 g/mol. The molecule has 0 heterocycles. The summed E-state index contributed by atoms with van der Waals surface area (Å²) in [7, 11) is 1.43. The van der Waals surface area contributed by atoms with Gasteiger partial charge in [0.1, 0.15) is 11.4 Å². The molecule has 7 heteroatoms. The molecule has 1 aliphatic carbocycles. The van der Waals surface area contributed by atoms with Crippen LogP contribution in [0.5, 0.6) is 5.75 Å². The minimum Gasteiger partial charge on any atom is -0.496 e. The van der Waals surface area contributed by atoms with Crippen LogP contribution in [0.15, 0.2) is 18.2 Å². The highest BCUT2D eigenvalue weighted by atomic mass is 16.6. The lowest BCUT2D eigenvalue weighted by Gasteiger charge is -2.14. The van der Waals surface area contributed by atoms with Gasteiger partial charge in [-0.25, -0.2) is 4.79 Å². The molecular formula is C13H17N3O4. The molecule has 2 amide bonds. The second kappa shape index (κ2) is 5.77. The molecule has 108 valence electrons. The molecule has 0 radical (unpaired) electrons. The van der Waals surface area contributed by atoms with E-state index in [0.717, 1.165) is 12.8 Å². The molecule has 0 bridgehead atoms. The molecule has 0 aromatic heterocycles. The van der Waals surface area contributed by atoms with Crippen LogP contribution in [0.1, 0.15) is 19.8 Å². The van der Waals surface area contributed by atoms with Crippen molar-refractivity contribution >= 4 is 17.4 Å². The number of rotatable bonds is 5. The van der Waals surface area contributed by atoms with Crippen molar-refractivity contribution in [3.05, 3.63) is 28.3 Å². The van der Waals surface area contributed by atoms with Gasteiger partial charge in [0.15, 0.2) is 0 Å². The monoisotopic (exact) mass is 279 g/mol. The SMILES string of the molecule is COc1ccc(NC(=O)NC(C)C2CC2)c([N+](=O)[O-])c1. The van der Waals surface area contributed by atoms with E-state index in [2.05, 4.69) is 10.6 Å². The largest absolute Gasteiger partial charge is 0.496 e. The number of urea groups is 1. The molecule has 1 saturated carbocycles. The summed E-state index contributed by atoms with van der Waals surface area (Å²) in [5, 5.41) is 16.3. The maximum Gasteiger partial charge on any atom is 0.319 e. The van der Waals surface area contributed by atoms with E-state index in [4.69, 9.17) is 4.74 Å². The third-order valence-corrected chi connectivity index (χ3v) is 3.34. The molecule has 1 aromatic carbocycles. The van der Waals surface area contributed by atoms with E-state index in [0.29, 0.717) is 11.7 Å². The quantitative estimate of drug-likeness (QED) is 0.639. The summed E-state index contributed by atoms with van der Waals surface area (Å²) in [5.41, 5.74) is -0.0464. The molecule has 0 saturated heterocycles. The van der Waals surface area contributed by atoms with Gasteiger partial charge in [-0.3, -0.25) is 10.1 Å². The third kappa shape index (κ3) is 3.37. The molecule has 2 N–H and O–H groups in total. The van der Waals surface area contributed by atoms with E-state index < -0.39 is 11.0 Å². The highest BCUT2D eigenvalue weighted by molar-refractivity contribution is 5.92. The number of amides is 2. The first-order valence-corrected chi connectivity index (χ1v) is 6.41. The van der Waals surface area contributed by atoms with Crippen LogP contribution >= 0.6 is 0 Å². The van der Waals surface area contributed by atoms with Crippen molar-refractivity contribution in [1.82, 2.24) is 5.32 Å². The van der Waals surface area contributed by atoms with Gasteiger partial charge < -0.3 is 15.4 Å². The summed E-state index contributed by atoms with van der Waals surface area (Å²) in [6, 6.07) is 3.94. The van der Waals surface area contributed by atoms with Crippen molar-refractivity contribution in [1.29, 1.82) is 0 Å². The minimum absolute atomic E-state index is 0.0762. The van der Waals surface area contributed by atoms with Crippen molar-refractivity contribution < 1.29 is 14.5 Å². The van der Waals surface area contributed by atoms with Crippen LogP contribution in [-0.2, 0) is 0 Å². The van der Waals surface area contributed by atoms with Gasteiger partial charge in [0, 0.05) is 6.04 Å². The van der Waals surface area contributed by atoms with Crippen LogP contribution in [0.3, 0.4) is 0 Å². The van der Waals surface area contributed by atoms with Crippen LogP contribution in [0, 0.1) is 16.0 Å². The van der Waals surface area contributed by atoms with Gasteiger partial charge in [-0.05, 0) is 37.8 Å². The first kappa shape index (κ1) is 14.1. The van der Waals surface area contributed by atoms with Gasteiger partial charge in [-0.2, -0.15) is 0 Å². The van der Waals surface area contributed by atoms with E-state index in [1.165, 1.54) is 19.2 Å². The topological polar surface area (TPSA) is 93.5 Å². The normalized spacial score (nSPS) is 15.3. The third-order valence-electron chi connectivity index (χ3n) is 3.34. The van der Waals surface area contributed by atoms with E-state index in [-0.39, 0.29) is 17.4 Å². The predicted molar refractivity (Wildman–Crippen MR) is 74.0 cm³/mol. The smallest absolute Gasteiger partial charge is 0.319 e. The van der Waals surface area contributed by atoms with Crippen molar-refractivity contribution in [2.24, 2.45) is 5.92 Å². The van der Waals surface area contributed by atoms with Crippen LogP contribution < -0.4 is 15.4 Å². The summed E-state index contributed by atoms with van der Waals surface area (Å²) in [5.74, 6) is 0.889. The Morgan fingerprint density at radius 3 is 2.75 bits per heavy atom. The fourth-order valence-corrected chi connectivity index (χ4v) is 1.97. The predicted octanol–water partition coefficient (Wildman–Crippen LogP) is 2.52. The van der Waals surface area contributed by atoms with Gasteiger partial charge in [-0.15, -0.1) is 0 Å². The Hall–Kier alpha value is -2.31. The Morgan fingerprint density at radius 1 is 1.50 bits per heavy atom. The molecule has 0 spiro atoms. The summed E-state index contributed by atoms with van der Waals surface area (Å²) < 4.78 is 4.94. The number of nitro benzene ring substituents is 1. The molecule has 2 rings (SSSR count). The highest BCUT2D eigenvalue weighted by Crippen LogP contribution is 2.32. The molecular weight excluding hydrogens is 262 g/mol. The zero-order chi connectivity index (χ0) is 14.7. The Bertz CT molecular complexity index is 528. The number of nitrogens with zero attached hydrogens (tertiary/aromatic N) is 1. The van der Waals surface area contributed by atoms with Gasteiger partial charge in [0.2, 0.25) is 0 Å². The Kier molecular flexibility index (Phi) is 4.07. The van der Waals surface area contributed by atoms with Crippen molar-refractivity contribution in [3.8, 4) is 5.75 Å². The van der Waals surface area contributed by atoms with Crippen LogP contribution in [-0.4, -0.2) is 24.1 Å². The van der Waals surface area contributed by atoms with E-state index in [9.17, 15) is 14.9 Å². The number of carbonyl (C=O) groups excluding carboxylic acids is 1. The van der Waals surface area contributed by atoms with Crippen LogP contribution in [0.4, 0.5) is 16.2 Å². The van der Waals surface area contributed by atoms with E-state index in [1.54, 1.807) is 6.07 Å². The molecule has 20 heavy (non-hydrogen) atoms. The Labute approximate surface area is 116 Å². The van der Waals surface area contributed by atoms with Gasteiger partial charge in [0.05, 0.1) is 18.1 Å². The average Bonchev–Trinajstić information content (AvgIpc) is 3.23. The zero-order valence-corrected chi connectivity index (χ0v) is 11.4. The number of methoxy groups -OCH3 is 1. The van der Waals surface area contributed by atoms with Crippen LogP contribution in [0.25, 0.3) is 0 Å². The summed E-state index contributed by atoms with van der Waals surface area (Å²) >= 11 is 0. The number of carbonyl (C=O) groups is 1. The van der Waals surface area contributed by atoms with E-state index in [1.807, 2.05) is 6.92 Å². The molecule has 1 atom stereocenters. The lowest BCUT2D eigenvalue weighted by Crippen LogP contribution is -2.37. The number of benzene rings is 1. The van der Waals surface area contributed by atoms with Crippen molar-refractivity contribution in [2.75, 3.05) is 12.4 Å². The number of hydrogen-bond donors (Lipinski definition) is 2. The lowest BCUT2D eigenvalue weighted by atomic mass is 10.2. The maximum absolute atomic E-state index is 11.8. The molecule has 0 aliphatic heterocycles. The number of ether oxygens (including phenoxy) is 1. The number of nitro groups is 1. The summed E-state index contributed by atoms with van der Waals surface area (Å²) in [4.78, 5) is 22.2. The molecule has 1 fully saturated rings. The van der Waals surface area contributed by atoms with E-state index >= 15 is 0 Å². The van der Waals surface area contributed by atoms with Crippen LogP contribution in [0.2, 0.25) is 0 Å². The Balaban J connectivity index is 2.07. The number of anilines is 1. The molecule has 1 aliphatic rings. The molecule has 1 aromatic rings. The maximum atomic E-state index is 11.8. The fraction of sp³-hybridized carbons (Fsp3) is 0.462. The highest BCUT2D eigenvalue weighted by Gasteiger charge is 2.29. The lowest BCUT2D eigenvalue weighted by molar-refractivity contribution is -0.384. The van der Waals surface area contributed by atoms with Crippen molar-refractivity contribution in [3.63, 3.8) is 0 Å². The first-order valence-electron chi connectivity index (χ1n) is 6.41. The second-order valence-electron chi connectivity index (χ2n) is 4.86. The standard InChI is InChI=1S/C13H17N3O4/c1-8(9-3-4-9)14-13(17)15-11-6-5-10(20-2)7-12(11)16(18)19/h5-9H,3-4H2,1-2H3,(H2,14,15,17). The number of hydrogen-bond acceptors (Lipinski definition) is 4. The summed E-state index contributed by atoms with van der Waals surface area (Å²) in [6.45, 7) is 1.93.